The minimum Gasteiger partial charge on any atom is -0.461 e. The monoisotopic (exact) mass is 247 g/mol. The molecule has 0 bridgehead atoms. The topological polar surface area (TPSA) is 39.2 Å². The van der Waals surface area contributed by atoms with E-state index in [9.17, 15) is 9.18 Å². The molecule has 0 saturated carbocycles. The van der Waals surface area contributed by atoms with Crippen molar-refractivity contribution in [3.63, 3.8) is 0 Å². The van der Waals surface area contributed by atoms with Crippen molar-refractivity contribution >= 4 is 21.9 Å². The third kappa shape index (κ3) is 2.24. The Labute approximate surface area is 83.1 Å². The van der Waals surface area contributed by atoms with Crippen molar-refractivity contribution in [2.75, 3.05) is 6.61 Å². The van der Waals surface area contributed by atoms with Gasteiger partial charge < -0.3 is 4.74 Å². The van der Waals surface area contributed by atoms with Crippen molar-refractivity contribution in [2.24, 2.45) is 0 Å². The number of esters is 1. The summed E-state index contributed by atoms with van der Waals surface area (Å²) in [7, 11) is 0. The Morgan fingerprint density at radius 1 is 1.77 bits per heavy atom. The van der Waals surface area contributed by atoms with Crippen molar-refractivity contribution in [3.05, 3.63) is 28.2 Å². The number of pyridine rings is 1. The number of ether oxygens (including phenoxy) is 1. The molecule has 70 valence electrons. The molecule has 0 aliphatic rings. The summed E-state index contributed by atoms with van der Waals surface area (Å²) in [5.41, 5.74) is -0.295. The first-order chi connectivity index (χ1) is 6.16. The van der Waals surface area contributed by atoms with Gasteiger partial charge in [-0.3, -0.25) is 0 Å². The molecule has 0 amide bonds. The summed E-state index contributed by atoms with van der Waals surface area (Å²) >= 11 is 2.94. The Hall–Kier alpha value is -0.970. The molecule has 0 aliphatic carbocycles. The molecular formula is C8H7BrFNO2. The van der Waals surface area contributed by atoms with Crippen LogP contribution in [0.3, 0.4) is 0 Å². The summed E-state index contributed by atoms with van der Waals surface area (Å²) < 4.78 is 18.0. The Morgan fingerprint density at radius 2 is 2.46 bits per heavy atom. The predicted molar refractivity (Wildman–Crippen MR) is 47.9 cm³/mol. The molecule has 0 aromatic carbocycles. The molecule has 0 atom stereocenters. The average Bonchev–Trinajstić information content (AvgIpc) is 2.10. The Kier molecular flexibility index (Phi) is 3.36. The number of rotatable bonds is 2. The molecule has 0 N–H and O–H groups in total. The summed E-state index contributed by atoms with van der Waals surface area (Å²) in [6, 6.07) is 1.41. The van der Waals surface area contributed by atoms with Crippen molar-refractivity contribution in [3.8, 4) is 0 Å². The second-order valence-corrected chi connectivity index (χ2v) is 3.03. The summed E-state index contributed by atoms with van der Waals surface area (Å²) in [5.74, 6) is -1.44. The lowest BCUT2D eigenvalue weighted by atomic mass is 10.3. The van der Waals surface area contributed by atoms with Gasteiger partial charge in [-0.15, -0.1) is 0 Å². The van der Waals surface area contributed by atoms with E-state index in [1.54, 1.807) is 6.92 Å². The summed E-state index contributed by atoms with van der Waals surface area (Å²) in [6.07, 6.45) is 1.33. The molecule has 0 aliphatic heterocycles. The van der Waals surface area contributed by atoms with Crippen molar-refractivity contribution in [2.45, 2.75) is 6.92 Å². The van der Waals surface area contributed by atoms with Gasteiger partial charge in [-0.25, -0.2) is 14.2 Å². The Balaban J connectivity index is 3.01. The molecular weight excluding hydrogens is 241 g/mol. The maximum absolute atomic E-state index is 13.2. The number of halogens is 2. The van der Waals surface area contributed by atoms with Crippen molar-refractivity contribution in [1.82, 2.24) is 4.98 Å². The number of hydrogen-bond acceptors (Lipinski definition) is 3. The van der Waals surface area contributed by atoms with Gasteiger partial charge in [0.1, 0.15) is 0 Å². The van der Waals surface area contributed by atoms with Crippen LogP contribution in [-0.2, 0) is 4.74 Å². The van der Waals surface area contributed by atoms with Crippen LogP contribution in [0.15, 0.2) is 16.7 Å². The van der Waals surface area contributed by atoms with Gasteiger partial charge in [0, 0.05) is 6.20 Å². The fourth-order valence-electron chi connectivity index (χ4n) is 0.762. The van der Waals surface area contributed by atoms with Crippen molar-refractivity contribution in [1.29, 1.82) is 0 Å². The summed E-state index contributed by atoms with van der Waals surface area (Å²) in [5, 5.41) is 0. The van der Waals surface area contributed by atoms with Crippen LogP contribution in [0.1, 0.15) is 17.4 Å². The molecule has 0 saturated heterocycles. The molecule has 1 heterocycles. The van der Waals surface area contributed by atoms with E-state index in [1.165, 1.54) is 12.3 Å². The third-order valence-corrected chi connectivity index (χ3v) is 1.92. The highest BCUT2D eigenvalue weighted by atomic mass is 79.9. The first-order valence-electron chi connectivity index (χ1n) is 3.64. The first kappa shape index (κ1) is 10.1. The Bertz CT molecular complexity index is 330. The normalized spacial score (nSPS) is 9.77. The smallest absolute Gasteiger partial charge is 0.360 e. The molecule has 3 nitrogen and oxygen atoms in total. The van der Waals surface area contributed by atoms with E-state index in [0.29, 0.717) is 0 Å². The lowest BCUT2D eigenvalue weighted by molar-refractivity contribution is 0.0513. The van der Waals surface area contributed by atoms with Gasteiger partial charge in [0.2, 0.25) is 0 Å². The minimum atomic E-state index is -0.749. The van der Waals surface area contributed by atoms with E-state index >= 15 is 0 Å². The number of carbonyl (C=O) groups excluding carboxylic acids is 1. The number of hydrogen-bond donors (Lipinski definition) is 0. The van der Waals surface area contributed by atoms with Crippen molar-refractivity contribution < 1.29 is 13.9 Å². The fraction of sp³-hybridized carbons (Fsp3) is 0.250. The predicted octanol–water partition coefficient (Wildman–Crippen LogP) is 2.16. The van der Waals surface area contributed by atoms with E-state index in [2.05, 4.69) is 25.7 Å². The molecule has 0 unspecified atom stereocenters. The van der Waals surface area contributed by atoms with Gasteiger partial charge in [-0.05, 0) is 28.9 Å². The van der Waals surface area contributed by atoms with E-state index in [-0.39, 0.29) is 16.8 Å². The first-order valence-corrected chi connectivity index (χ1v) is 4.43. The second kappa shape index (κ2) is 4.32. The summed E-state index contributed by atoms with van der Waals surface area (Å²) in [4.78, 5) is 14.7. The largest absolute Gasteiger partial charge is 0.461 e. The minimum absolute atomic E-state index is 0.200. The highest BCUT2D eigenvalue weighted by Crippen LogP contribution is 2.16. The fourth-order valence-corrected chi connectivity index (χ4v) is 1.07. The molecule has 0 radical (unpaired) electrons. The van der Waals surface area contributed by atoms with Crippen LogP contribution in [0, 0.1) is 5.82 Å². The standard InChI is InChI=1S/C8H7BrFNO2/c1-2-13-8(12)7-6(10)5(9)3-4-11-7/h3-4H,2H2,1H3. The van der Waals surface area contributed by atoms with Crippen LogP contribution in [-0.4, -0.2) is 17.6 Å². The number of aromatic nitrogens is 1. The van der Waals surface area contributed by atoms with Gasteiger partial charge in [0.25, 0.3) is 0 Å². The van der Waals surface area contributed by atoms with Gasteiger partial charge in [0.15, 0.2) is 11.5 Å². The molecule has 0 fully saturated rings. The maximum Gasteiger partial charge on any atom is 0.360 e. The summed E-state index contributed by atoms with van der Waals surface area (Å²) in [6.45, 7) is 1.85. The van der Waals surface area contributed by atoms with Gasteiger partial charge >= 0.3 is 5.97 Å². The van der Waals surface area contributed by atoms with Crippen LogP contribution < -0.4 is 0 Å². The average molecular weight is 248 g/mol. The van der Waals surface area contributed by atoms with E-state index < -0.39 is 11.8 Å². The zero-order valence-corrected chi connectivity index (χ0v) is 8.47. The lowest BCUT2D eigenvalue weighted by Gasteiger charge is -2.02. The molecule has 13 heavy (non-hydrogen) atoms. The zero-order valence-electron chi connectivity index (χ0n) is 6.88. The third-order valence-electron chi connectivity index (χ3n) is 1.31. The van der Waals surface area contributed by atoms with E-state index in [1.807, 2.05) is 0 Å². The van der Waals surface area contributed by atoms with Crippen LogP contribution >= 0.6 is 15.9 Å². The molecule has 1 aromatic rings. The molecule has 0 spiro atoms. The quantitative estimate of drug-likeness (QED) is 0.753. The highest BCUT2D eigenvalue weighted by Gasteiger charge is 2.16. The molecule has 1 rings (SSSR count). The van der Waals surface area contributed by atoms with Crippen LogP contribution in [0.5, 0.6) is 0 Å². The lowest BCUT2D eigenvalue weighted by Crippen LogP contribution is -2.09. The van der Waals surface area contributed by atoms with Crippen LogP contribution in [0.4, 0.5) is 4.39 Å². The SMILES string of the molecule is CCOC(=O)c1nccc(Br)c1F. The maximum atomic E-state index is 13.2. The van der Waals surface area contributed by atoms with E-state index in [4.69, 9.17) is 0 Å². The van der Waals surface area contributed by atoms with Gasteiger partial charge in [0.05, 0.1) is 11.1 Å². The Morgan fingerprint density at radius 3 is 3.08 bits per heavy atom. The van der Waals surface area contributed by atoms with Gasteiger partial charge in [-0.2, -0.15) is 0 Å². The van der Waals surface area contributed by atoms with Crippen LogP contribution in [0.25, 0.3) is 0 Å². The molecule has 5 heteroatoms. The second-order valence-electron chi connectivity index (χ2n) is 2.18. The number of nitrogens with zero attached hydrogens (tertiary/aromatic N) is 1. The number of carbonyl (C=O) groups is 1. The zero-order chi connectivity index (χ0) is 9.84. The van der Waals surface area contributed by atoms with Gasteiger partial charge in [-0.1, -0.05) is 0 Å². The highest BCUT2D eigenvalue weighted by molar-refractivity contribution is 9.10. The van der Waals surface area contributed by atoms with Crippen LogP contribution in [0.2, 0.25) is 0 Å². The molecule has 1 aromatic heterocycles. The van der Waals surface area contributed by atoms with E-state index in [0.717, 1.165) is 0 Å².